The zero-order chi connectivity index (χ0) is 27.7. The van der Waals surface area contributed by atoms with Crippen molar-refractivity contribution >= 4 is 21.3 Å². The summed E-state index contributed by atoms with van der Waals surface area (Å²) in [6.45, 7) is 3.52. The fourth-order valence-corrected chi connectivity index (χ4v) is 6.23. The van der Waals surface area contributed by atoms with E-state index in [1.54, 1.807) is 48.7 Å². The first-order valence-electron chi connectivity index (χ1n) is 11.4. The maximum Gasteiger partial charge on any atom is 0.573 e. The topological polar surface area (TPSA) is 114 Å². The van der Waals surface area contributed by atoms with Crippen LogP contribution in [-0.4, -0.2) is 36.7 Å². The number of rotatable bonds is 8. The number of carbonyl (C=O) groups excluding carboxylic acids is 1. The van der Waals surface area contributed by atoms with Gasteiger partial charge in [-0.25, -0.2) is 8.42 Å². The highest BCUT2D eigenvalue weighted by molar-refractivity contribution is 7.91. The number of nitrogens with zero attached hydrogens (tertiary/aromatic N) is 2. The van der Waals surface area contributed by atoms with Gasteiger partial charge in [-0.2, -0.15) is 5.26 Å². The van der Waals surface area contributed by atoms with Crippen LogP contribution in [0.2, 0.25) is 0 Å². The number of sulfone groups is 1. The highest BCUT2D eigenvalue weighted by Gasteiger charge is 2.37. The van der Waals surface area contributed by atoms with E-state index in [0.717, 1.165) is 24.3 Å². The molecule has 0 radical (unpaired) electrons. The van der Waals surface area contributed by atoms with E-state index in [0.29, 0.717) is 16.6 Å². The molecular weight excluding hydrogens is 523 g/mol. The van der Waals surface area contributed by atoms with Gasteiger partial charge in [0.05, 0.1) is 29.2 Å². The molecule has 1 aromatic carbocycles. The lowest BCUT2D eigenvalue weighted by Crippen LogP contribution is -2.19. The average molecular weight is 546 g/mol. The highest BCUT2D eigenvalue weighted by Crippen LogP contribution is 2.40. The first-order valence-corrected chi connectivity index (χ1v) is 12.9. The highest BCUT2D eigenvalue weighted by atomic mass is 32.2. The standard InChI is InChI=1S/C26H22F3N3O5S/c1-3-36-23(33)13-20-16(2)24(32-15-17(14-30)6-11-22(20)32)25(21-5-4-12-31-21)38(34,35)19-9-7-18(8-10-19)37-26(27,28)29/h4-12,15,25,31H,3,13H2,1-2H3. The van der Waals surface area contributed by atoms with Crippen LogP contribution < -0.4 is 4.74 Å². The molecule has 4 rings (SSSR count). The Kier molecular flexibility index (Phi) is 7.24. The summed E-state index contributed by atoms with van der Waals surface area (Å²) in [5.74, 6) is -1.06. The van der Waals surface area contributed by atoms with E-state index in [1.807, 2.05) is 6.07 Å². The van der Waals surface area contributed by atoms with Crippen LogP contribution in [0.25, 0.3) is 5.52 Å². The molecule has 1 unspecified atom stereocenters. The number of carbonyl (C=O) groups is 1. The molecule has 198 valence electrons. The van der Waals surface area contributed by atoms with Crippen molar-refractivity contribution in [3.8, 4) is 11.8 Å². The minimum Gasteiger partial charge on any atom is -0.466 e. The molecule has 0 saturated carbocycles. The largest absolute Gasteiger partial charge is 0.573 e. The molecule has 0 amide bonds. The van der Waals surface area contributed by atoms with Crippen LogP contribution in [0, 0.1) is 18.3 Å². The summed E-state index contributed by atoms with van der Waals surface area (Å²) in [5.41, 5.74) is 2.36. The number of hydrogen-bond donors (Lipinski definition) is 1. The predicted octanol–water partition coefficient (Wildman–Crippen LogP) is 5.02. The van der Waals surface area contributed by atoms with E-state index >= 15 is 0 Å². The van der Waals surface area contributed by atoms with Crippen LogP contribution >= 0.6 is 0 Å². The van der Waals surface area contributed by atoms with Gasteiger partial charge in [-0.15, -0.1) is 13.2 Å². The number of hydrogen-bond acceptors (Lipinski definition) is 6. The zero-order valence-corrected chi connectivity index (χ0v) is 21.1. The van der Waals surface area contributed by atoms with Crippen LogP contribution in [0.1, 0.15) is 40.3 Å². The van der Waals surface area contributed by atoms with Crippen molar-refractivity contribution in [2.24, 2.45) is 0 Å². The van der Waals surface area contributed by atoms with Crippen molar-refractivity contribution in [2.75, 3.05) is 6.61 Å². The third kappa shape index (κ3) is 5.24. The molecule has 38 heavy (non-hydrogen) atoms. The minimum atomic E-state index is -4.93. The Morgan fingerprint density at radius 1 is 1.16 bits per heavy atom. The summed E-state index contributed by atoms with van der Waals surface area (Å²) in [6, 6.07) is 12.3. The molecule has 3 heterocycles. The lowest BCUT2D eigenvalue weighted by molar-refractivity contribution is -0.274. The number of aromatic amines is 1. The Labute approximate surface area is 216 Å². The van der Waals surface area contributed by atoms with E-state index in [1.165, 1.54) is 6.20 Å². The molecule has 1 N–H and O–H groups in total. The van der Waals surface area contributed by atoms with E-state index in [-0.39, 0.29) is 34.9 Å². The number of nitriles is 1. The molecule has 0 spiro atoms. The lowest BCUT2D eigenvalue weighted by atomic mass is 10.1. The van der Waals surface area contributed by atoms with Crippen molar-refractivity contribution < 1.29 is 35.9 Å². The number of esters is 1. The van der Waals surface area contributed by atoms with Crippen LogP contribution in [0.3, 0.4) is 0 Å². The summed E-state index contributed by atoms with van der Waals surface area (Å²) in [6.07, 6.45) is -2.03. The summed E-state index contributed by atoms with van der Waals surface area (Å²) < 4.78 is 76.5. The Bertz CT molecular complexity index is 1620. The summed E-state index contributed by atoms with van der Waals surface area (Å²) >= 11 is 0. The Morgan fingerprint density at radius 3 is 2.45 bits per heavy atom. The van der Waals surface area contributed by atoms with Crippen LogP contribution in [0.5, 0.6) is 5.75 Å². The second kappa shape index (κ2) is 10.3. The van der Waals surface area contributed by atoms with Crippen molar-refractivity contribution in [1.29, 1.82) is 5.26 Å². The molecule has 0 bridgehead atoms. The zero-order valence-electron chi connectivity index (χ0n) is 20.2. The number of aromatic nitrogens is 2. The normalized spacial score (nSPS) is 12.7. The van der Waals surface area contributed by atoms with Crippen LogP contribution in [0.15, 0.2) is 65.8 Å². The molecular formula is C26H22F3N3O5S. The fourth-order valence-electron chi connectivity index (χ4n) is 4.38. The third-order valence-corrected chi connectivity index (χ3v) is 7.99. The quantitative estimate of drug-likeness (QED) is 0.311. The first-order chi connectivity index (χ1) is 18.0. The van der Waals surface area contributed by atoms with E-state index in [4.69, 9.17) is 4.74 Å². The van der Waals surface area contributed by atoms with Gasteiger partial charge in [-0.1, -0.05) is 0 Å². The number of ether oxygens (including phenoxy) is 2. The predicted molar refractivity (Wildman–Crippen MR) is 130 cm³/mol. The number of alkyl halides is 3. The molecule has 12 heteroatoms. The summed E-state index contributed by atoms with van der Waals surface area (Å²) in [4.78, 5) is 15.1. The number of benzene rings is 1. The van der Waals surface area contributed by atoms with E-state index in [2.05, 4.69) is 9.72 Å². The Morgan fingerprint density at radius 2 is 1.87 bits per heavy atom. The maximum atomic E-state index is 14.1. The SMILES string of the molecule is CCOC(=O)Cc1c(C)c(C(c2ccc[nH]2)S(=O)(=O)c2ccc(OC(F)(F)F)cc2)n2cc(C#N)ccc12. The maximum absolute atomic E-state index is 14.1. The van der Waals surface area contributed by atoms with Crippen molar-refractivity contribution in [1.82, 2.24) is 9.38 Å². The number of nitrogens with one attached hydrogen (secondary N) is 1. The van der Waals surface area contributed by atoms with Crippen molar-refractivity contribution in [3.05, 3.63) is 89.0 Å². The molecule has 0 fully saturated rings. The Hall–Kier alpha value is -4.24. The van der Waals surface area contributed by atoms with Gasteiger partial charge in [-0.05, 0) is 73.5 Å². The lowest BCUT2D eigenvalue weighted by Gasteiger charge is -2.19. The number of pyridine rings is 1. The molecule has 0 aliphatic carbocycles. The number of H-pyrrole nitrogens is 1. The van der Waals surface area contributed by atoms with Gasteiger partial charge >= 0.3 is 12.3 Å². The van der Waals surface area contributed by atoms with Gasteiger partial charge in [0.15, 0.2) is 9.84 Å². The van der Waals surface area contributed by atoms with Crippen LogP contribution in [-0.2, 0) is 25.8 Å². The monoisotopic (exact) mass is 545 g/mol. The second-order valence-corrected chi connectivity index (χ2v) is 10.4. The van der Waals surface area contributed by atoms with Gasteiger partial charge in [0, 0.05) is 23.6 Å². The smallest absolute Gasteiger partial charge is 0.466 e. The first kappa shape index (κ1) is 26.8. The molecule has 0 aliphatic heterocycles. The molecule has 8 nitrogen and oxygen atoms in total. The fraction of sp³-hybridized carbons (Fsp3) is 0.231. The van der Waals surface area contributed by atoms with Gasteiger partial charge in [-0.3, -0.25) is 4.79 Å². The van der Waals surface area contributed by atoms with Gasteiger partial charge < -0.3 is 18.9 Å². The Balaban J connectivity index is 1.94. The van der Waals surface area contributed by atoms with Gasteiger partial charge in [0.25, 0.3) is 0 Å². The molecule has 1 atom stereocenters. The van der Waals surface area contributed by atoms with Gasteiger partial charge in [0.2, 0.25) is 0 Å². The van der Waals surface area contributed by atoms with E-state index in [9.17, 15) is 31.6 Å². The molecule has 4 aromatic rings. The van der Waals surface area contributed by atoms with Crippen molar-refractivity contribution in [2.45, 2.75) is 36.8 Å². The molecule has 0 saturated heterocycles. The van der Waals surface area contributed by atoms with Gasteiger partial charge in [0.1, 0.15) is 17.1 Å². The molecule has 0 aliphatic rings. The average Bonchev–Trinajstić information content (AvgIpc) is 3.46. The minimum absolute atomic E-state index is 0.129. The number of fused-ring (bicyclic) bond motifs is 1. The summed E-state index contributed by atoms with van der Waals surface area (Å²) in [7, 11) is -4.28. The second-order valence-electron chi connectivity index (χ2n) is 8.33. The van der Waals surface area contributed by atoms with Crippen molar-refractivity contribution in [3.63, 3.8) is 0 Å². The molecule has 3 aromatic heterocycles. The third-order valence-electron chi connectivity index (χ3n) is 5.96. The van der Waals surface area contributed by atoms with Crippen LogP contribution in [0.4, 0.5) is 13.2 Å². The van der Waals surface area contributed by atoms with E-state index < -0.39 is 33.2 Å². The number of halogens is 3. The summed E-state index contributed by atoms with van der Waals surface area (Å²) in [5, 5.41) is 8.14.